The van der Waals surface area contributed by atoms with Gasteiger partial charge in [-0.25, -0.2) is 0 Å². The zero-order chi connectivity index (χ0) is 38.1. The van der Waals surface area contributed by atoms with Gasteiger partial charge in [0.25, 0.3) is 0 Å². The van der Waals surface area contributed by atoms with Crippen LogP contribution >= 0.6 is 0 Å². The van der Waals surface area contributed by atoms with Gasteiger partial charge in [0.15, 0.2) is 5.78 Å². The summed E-state index contributed by atoms with van der Waals surface area (Å²) in [5.41, 5.74) is 21.4. The second-order valence-electron chi connectivity index (χ2n) is 15.9. The van der Waals surface area contributed by atoms with Gasteiger partial charge in [0.2, 0.25) is 0 Å². The van der Waals surface area contributed by atoms with E-state index in [1.54, 1.807) is 0 Å². The molecule has 0 radical (unpaired) electrons. The van der Waals surface area contributed by atoms with Crippen LogP contribution in [0.1, 0.15) is 38.2 Å². The van der Waals surface area contributed by atoms with Gasteiger partial charge in [0, 0.05) is 33.2 Å². The summed E-state index contributed by atoms with van der Waals surface area (Å²) >= 11 is 0. The Bertz CT molecular complexity index is 3360. The van der Waals surface area contributed by atoms with E-state index in [-0.39, 0.29) is 5.78 Å². The van der Waals surface area contributed by atoms with E-state index in [0.29, 0.717) is 0 Å². The fourth-order valence-electron chi connectivity index (χ4n) is 10.8. The summed E-state index contributed by atoms with van der Waals surface area (Å²) in [5.74, 6) is 0.0921. The zero-order valence-corrected chi connectivity index (χ0v) is 31.4. The molecule has 0 fully saturated rings. The molecule has 0 unspecified atom stereocenters. The Balaban J connectivity index is 1.17. The van der Waals surface area contributed by atoms with Gasteiger partial charge >= 0.3 is 0 Å². The summed E-state index contributed by atoms with van der Waals surface area (Å²) in [6.07, 6.45) is 0. The zero-order valence-electron chi connectivity index (χ0n) is 31.4. The van der Waals surface area contributed by atoms with Crippen molar-refractivity contribution < 1.29 is 4.79 Å². The average Bonchev–Trinajstić information content (AvgIpc) is 3.98. The number of hydrogen-bond acceptors (Lipinski definition) is 1. The van der Waals surface area contributed by atoms with Gasteiger partial charge < -0.3 is 4.57 Å². The Morgan fingerprint density at radius 2 is 0.862 bits per heavy atom. The molecule has 0 bridgehead atoms. The number of ketones is 1. The molecular weight excluding hydrogens is 703 g/mol. The molecule has 2 heteroatoms. The minimum absolute atomic E-state index is 0.0921. The monoisotopic (exact) mass is 735 g/mol. The van der Waals surface area contributed by atoms with Crippen molar-refractivity contribution in [2.45, 2.75) is 5.41 Å². The summed E-state index contributed by atoms with van der Waals surface area (Å²) < 4.78 is 2.51. The van der Waals surface area contributed by atoms with Crippen molar-refractivity contribution in [3.63, 3.8) is 0 Å². The van der Waals surface area contributed by atoms with Crippen LogP contribution in [0.5, 0.6) is 0 Å². The number of nitrogens with zero attached hydrogens (tertiary/aromatic N) is 1. The van der Waals surface area contributed by atoms with Gasteiger partial charge in [0.05, 0.1) is 16.4 Å². The maximum absolute atomic E-state index is 13.7. The van der Waals surface area contributed by atoms with Gasteiger partial charge in [-0.05, 0) is 103 Å². The lowest BCUT2D eigenvalue weighted by atomic mass is 9.70. The van der Waals surface area contributed by atoms with E-state index in [2.05, 4.69) is 180 Å². The highest BCUT2D eigenvalue weighted by molar-refractivity contribution is 6.22. The van der Waals surface area contributed by atoms with Crippen LogP contribution in [0.2, 0.25) is 0 Å². The van der Waals surface area contributed by atoms with Crippen LogP contribution in [0, 0.1) is 0 Å². The lowest BCUT2D eigenvalue weighted by Crippen LogP contribution is -2.26. The fourth-order valence-corrected chi connectivity index (χ4v) is 10.8. The molecule has 1 aromatic heterocycles. The molecule has 0 aliphatic heterocycles. The maximum Gasteiger partial charge on any atom is 0.194 e. The number of carbonyl (C=O) groups is 1. The van der Waals surface area contributed by atoms with Crippen LogP contribution in [0.3, 0.4) is 0 Å². The Hall–Kier alpha value is -7.55. The highest BCUT2D eigenvalue weighted by atomic mass is 16.1. The van der Waals surface area contributed by atoms with E-state index in [1.807, 2.05) is 24.3 Å². The summed E-state index contributed by atoms with van der Waals surface area (Å²) in [5, 5.41) is 2.41. The highest BCUT2D eigenvalue weighted by Gasteiger charge is 2.53. The minimum Gasteiger partial charge on any atom is -0.309 e. The first-order valence-electron chi connectivity index (χ1n) is 20.1. The maximum atomic E-state index is 13.7. The van der Waals surface area contributed by atoms with E-state index in [0.717, 1.165) is 39.0 Å². The van der Waals surface area contributed by atoms with Gasteiger partial charge in [-0.3, -0.25) is 4.79 Å². The average molecular weight is 736 g/mol. The summed E-state index contributed by atoms with van der Waals surface area (Å²) in [4.78, 5) is 13.7. The quantitative estimate of drug-likeness (QED) is 0.177. The first kappa shape index (κ1) is 31.6. The van der Waals surface area contributed by atoms with Crippen molar-refractivity contribution in [1.29, 1.82) is 0 Å². The second-order valence-corrected chi connectivity index (χ2v) is 15.9. The first-order valence-corrected chi connectivity index (χ1v) is 20.1. The molecule has 1 spiro atoms. The van der Waals surface area contributed by atoms with Crippen molar-refractivity contribution >= 4 is 27.6 Å². The Kier molecular flexibility index (Phi) is 6.27. The van der Waals surface area contributed by atoms with Gasteiger partial charge in [-0.1, -0.05) is 170 Å². The van der Waals surface area contributed by atoms with Gasteiger partial charge in [0.1, 0.15) is 0 Å². The molecule has 58 heavy (non-hydrogen) atoms. The third-order valence-corrected chi connectivity index (χ3v) is 13.1. The predicted octanol–water partition coefficient (Wildman–Crippen LogP) is 13.7. The molecule has 3 aliphatic carbocycles. The van der Waals surface area contributed by atoms with Crippen molar-refractivity contribution in [1.82, 2.24) is 4.57 Å². The van der Waals surface area contributed by atoms with E-state index in [9.17, 15) is 4.79 Å². The molecule has 0 saturated heterocycles. The second kappa shape index (κ2) is 11.5. The summed E-state index contributed by atoms with van der Waals surface area (Å²) in [6, 6.07) is 72.7. The molecule has 3 aliphatic rings. The van der Waals surface area contributed by atoms with Crippen molar-refractivity contribution in [3.8, 4) is 61.3 Å². The Morgan fingerprint density at radius 1 is 0.345 bits per heavy atom. The van der Waals surface area contributed by atoms with Crippen LogP contribution in [0.25, 0.3) is 83.1 Å². The molecule has 10 aromatic rings. The smallest absolute Gasteiger partial charge is 0.194 e. The number of hydrogen-bond donors (Lipinski definition) is 0. The van der Waals surface area contributed by atoms with E-state index < -0.39 is 5.41 Å². The molecule has 268 valence electrons. The van der Waals surface area contributed by atoms with Gasteiger partial charge in [-0.2, -0.15) is 0 Å². The normalized spacial score (nSPS) is 13.7. The molecule has 9 aromatic carbocycles. The number of rotatable bonds is 3. The third-order valence-electron chi connectivity index (χ3n) is 13.1. The van der Waals surface area contributed by atoms with Crippen molar-refractivity contribution in [2.24, 2.45) is 0 Å². The SMILES string of the molecule is O=C1c2ccccc2-c2cc(-n3c4cc(-c5cccc(-c6ccccc6)c5)ccc4c4ccc5c(c43)C3(c4ccccc4-c4ccccc43)c3ccccc3-5)ccc21. The number of benzene rings is 9. The highest BCUT2D eigenvalue weighted by Crippen LogP contribution is 2.64. The van der Waals surface area contributed by atoms with Crippen molar-refractivity contribution in [3.05, 3.63) is 234 Å². The summed E-state index contributed by atoms with van der Waals surface area (Å²) in [6.45, 7) is 0. The molecule has 0 saturated carbocycles. The lowest BCUT2D eigenvalue weighted by molar-refractivity contribution is 0.104. The van der Waals surface area contributed by atoms with Gasteiger partial charge in [-0.15, -0.1) is 0 Å². The molecule has 0 atom stereocenters. The Labute approximate surface area is 335 Å². The predicted molar refractivity (Wildman–Crippen MR) is 237 cm³/mol. The van der Waals surface area contributed by atoms with Crippen LogP contribution in [0.15, 0.2) is 200 Å². The molecule has 0 amide bonds. The molecule has 1 heterocycles. The minimum atomic E-state index is -0.531. The molecule has 2 nitrogen and oxygen atoms in total. The number of aromatic nitrogens is 1. The number of fused-ring (bicyclic) bond motifs is 17. The topological polar surface area (TPSA) is 22.0 Å². The standard InChI is InChI=1S/C56H33NO/c58-55-46-21-5-4-17-39(46)48-33-38(26-28-47(48)55)57-52-32-37(36-16-12-15-35(31-36)34-13-2-1-3-14-34)25-27-43(52)45-30-29-44-42-20-8-11-24-51(42)56(53(44)54(45)57)49-22-9-6-18-40(49)41-19-7-10-23-50(41)56/h1-33H. The number of carbonyl (C=O) groups excluding carboxylic acids is 1. The fraction of sp³-hybridized carbons (Fsp3) is 0.0179. The molecular formula is C56H33NO. The van der Waals surface area contributed by atoms with E-state index in [4.69, 9.17) is 0 Å². The van der Waals surface area contributed by atoms with E-state index >= 15 is 0 Å². The lowest BCUT2D eigenvalue weighted by Gasteiger charge is -2.31. The first-order chi connectivity index (χ1) is 28.7. The van der Waals surface area contributed by atoms with Crippen molar-refractivity contribution in [2.75, 3.05) is 0 Å². The molecule has 0 N–H and O–H groups in total. The van der Waals surface area contributed by atoms with Crippen LogP contribution < -0.4 is 0 Å². The molecule has 13 rings (SSSR count). The van der Waals surface area contributed by atoms with Crippen LogP contribution in [0.4, 0.5) is 0 Å². The largest absolute Gasteiger partial charge is 0.309 e. The summed E-state index contributed by atoms with van der Waals surface area (Å²) in [7, 11) is 0. The Morgan fingerprint density at radius 3 is 1.57 bits per heavy atom. The third kappa shape index (κ3) is 3.99. The van der Waals surface area contributed by atoms with Crippen LogP contribution in [-0.2, 0) is 5.41 Å². The van der Waals surface area contributed by atoms with Crippen LogP contribution in [-0.4, -0.2) is 10.4 Å². The van der Waals surface area contributed by atoms with E-state index in [1.165, 1.54) is 77.5 Å².